The van der Waals surface area contributed by atoms with E-state index in [1.165, 1.54) is 11.1 Å². The van der Waals surface area contributed by atoms with E-state index in [9.17, 15) is 0 Å². The maximum Gasteiger partial charge on any atom is 0.124 e. The van der Waals surface area contributed by atoms with Crippen molar-refractivity contribution in [3.63, 3.8) is 0 Å². The van der Waals surface area contributed by atoms with Crippen LogP contribution in [0.15, 0.2) is 18.2 Å². The fourth-order valence-electron chi connectivity index (χ4n) is 1.63. The van der Waals surface area contributed by atoms with Gasteiger partial charge in [0.1, 0.15) is 12.4 Å². The van der Waals surface area contributed by atoms with Crippen molar-refractivity contribution in [2.24, 2.45) is 0 Å². The predicted octanol–water partition coefficient (Wildman–Crippen LogP) is 2.22. The quantitative estimate of drug-likeness (QED) is 0.819. The zero-order valence-corrected chi connectivity index (χ0v) is 11.6. The molecule has 1 atom stereocenters. The highest BCUT2D eigenvalue weighted by Gasteiger charge is 2.10. The van der Waals surface area contributed by atoms with Crippen molar-refractivity contribution in [1.82, 2.24) is 10.2 Å². The molecule has 0 aliphatic carbocycles. The topological polar surface area (TPSA) is 24.5 Å². The lowest BCUT2D eigenvalue weighted by molar-refractivity contribution is 0.258. The van der Waals surface area contributed by atoms with Crippen LogP contribution in [0.3, 0.4) is 0 Å². The van der Waals surface area contributed by atoms with Crippen LogP contribution in [0.2, 0.25) is 0 Å². The van der Waals surface area contributed by atoms with Gasteiger partial charge in [-0.1, -0.05) is 17.7 Å². The van der Waals surface area contributed by atoms with Gasteiger partial charge in [0.05, 0.1) is 0 Å². The average molecular weight is 236 g/mol. The van der Waals surface area contributed by atoms with Crippen LogP contribution < -0.4 is 10.1 Å². The van der Waals surface area contributed by atoms with Crippen LogP contribution in [0.25, 0.3) is 0 Å². The Hall–Kier alpha value is -1.06. The SMILES string of the molecule is CNC(C)c1cc(C)ccc1OCCN(C)C. The number of aryl methyl sites for hydroxylation is 1. The molecular weight excluding hydrogens is 212 g/mol. The van der Waals surface area contributed by atoms with Crippen LogP contribution in [0.1, 0.15) is 24.1 Å². The summed E-state index contributed by atoms with van der Waals surface area (Å²) >= 11 is 0. The Labute approximate surface area is 105 Å². The maximum absolute atomic E-state index is 5.84. The van der Waals surface area contributed by atoms with Crippen LogP contribution in [0.4, 0.5) is 0 Å². The van der Waals surface area contributed by atoms with E-state index in [1.807, 2.05) is 7.05 Å². The van der Waals surface area contributed by atoms with Gasteiger partial charge >= 0.3 is 0 Å². The van der Waals surface area contributed by atoms with Crippen molar-refractivity contribution in [2.45, 2.75) is 19.9 Å². The van der Waals surface area contributed by atoms with Crippen molar-refractivity contribution < 1.29 is 4.74 Å². The third kappa shape index (κ3) is 4.36. The van der Waals surface area contributed by atoms with Gasteiger partial charge in [0.15, 0.2) is 0 Å². The van der Waals surface area contributed by atoms with Gasteiger partial charge in [-0.15, -0.1) is 0 Å². The van der Waals surface area contributed by atoms with E-state index in [4.69, 9.17) is 4.74 Å². The van der Waals surface area contributed by atoms with Crippen LogP contribution >= 0.6 is 0 Å². The zero-order valence-electron chi connectivity index (χ0n) is 11.6. The molecule has 0 saturated carbocycles. The molecule has 0 heterocycles. The molecule has 0 aliphatic rings. The normalized spacial score (nSPS) is 12.8. The summed E-state index contributed by atoms with van der Waals surface area (Å²) in [7, 11) is 6.07. The third-order valence-electron chi connectivity index (χ3n) is 2.86. The first-order valence-electron chi connectivity index (χ1n) is 6.10. The molecule has 1 aromatic carbocycles. The average Bonchev–Trinajstić information content (AvgIpc) is 2.29. The van der Waals surface area contributed by atoms with Crippen LogP contribution in [0.5, 0.6) is 5.75 Å². The first kappa shape index (κ1) is 14.0. The summed E-state index contributed by atoms with van der Waals surface area (Å²) < 4.78 is 5.84. The predicted molar refractivity (Wildman–Crippen MR) is 72.7 cm³/mol. The minimum Gasteiger partial charge on any atom is -0.492 e. The summed E-state index contributed by atoms with van der Waals surface area (Å²) in [6, 6.07) is 6.65. The molecule has 0 saturated heterocycles. The lowest BCUT2D eigenvalue weighted by Crippen LogP contribution is -2.20. The highest BCUT2D eigenvalue weighted by Crippen LogP contribution is 2.26. The molecule has 1 rings (SSSR count). The molecule has 96 valence electrons. The lowest BCUT2D eigenvalue weighted by atomic mass is 10.0. The highest BCUT2D eigenvalue weighted by atomic mass is 16.5. The number of likely N-dealkylation sites (N-methyl/N-ethyl adjacent to an activating group) is 1. The van der Waals surface area contributed by atoms with Gasteiger partial charge in [-0.05, 0) is 41.1 Å². The van der Waals surface area contributed by atoms with Crippen molar-refractivity contribution in [2.75, 3.05) is 34.3 Å². The van der Waals surface area contributed by atoms with Gasteiger partial charge in [-0.3, -0.25) is 0 Å². The van der Waals surface area contributed by atoms with E-state index in [0.29, 0.717) is 6.04 Å². The van der Waals surface area contributed by atoms with E-state index < -0.39 is 0 Å². The Morgan fingerprint density at radius 2 is 2.06 bits per heavy atom. The smallest absolute Gasteiger partial charge is 0.124 e. The first-order valence-corrected chi connectivity index (χ1v) is 6.10. The molecule has 1 N–H and O–H groups in total. The Kier molecular flexibility index (Phi) is 5.45. The standard InChI is InChI=1S/C14H24N2O/c1-11-6-7-14(17-9-8-16(4)5)13(10-11)12(2)15-3/h6-7,10,12,15H,8-9H2,1-5H3. The molecule has 3 heteroatoms. The monoisotopic (exact) mass is 236 g/mol. The van der Waals surface area contributed by atoms with Crippen LogP contribution in [0, 0.1) is 6.92 Å². The third-order valence-corrected chi connectivity index (χ3v) is 2.86. The Balaban J connectivity index is 2.76. The molecule has 0 radical (unpaired) electrons. The Bertz CT molecular complexity index is 350. The van der Waals surface area contributed by atoms with Gasteiger partial charge < -0.3 is 15.0 Å². The molecule has 1 aromatic rings. The first-order chi connectivity index (χ1) is 8.04. The number of hydrogen-bond acceptors (Lipinski definition) is 3. The lowest BCUT2D eigenvalue weighted by Gasteiger charge is -2.18. The molecule has 17 heavy (non-hydrogen) atoms. The molecule has 0 aliphatic heterocycles. The van der Waals surface area contributed by atoms with E-state index in [-0.39, 0.29) is 0 Å². The summed E-state index contributed by atoms with van der Waals surface area (Å²) in [4.78, 5) is 2.12. The molecule has 3 nitrogen and oxygen atoms in total. The van der Waals surface area contributed by atoms with Crippen LogP contribution in [-0.2, 0) is 0 Å². The number of rotatable bonds is 6. The highest BCUT2D eigenvalue weighted by molar-refractivity contribution is 5.38. The number of hydrogen-bond donors (Lipinski definition) is 1. The molecule has 0 spiro atoms. The van der Waals surface area contributed by atoms with E-state index >= 15 is 0 Å². The summed E-state index contributed by atoms with van der Waals surface area (Å²) in [6.07, 6.45) is 0. The molecule has 0 aromatic heterocycles. The van der Waals surface area contributed by atoms with E-state index in [0.717, 1.165) is 18.9 Å². The second kappa shape index (κ2) is 6.62. The number of benzene rings is 1. The van der Waals surface area contributed by atoms with E-state index in [2.05, 4.69) is 56.4 Å². The van der Waals surface area contributed by atoms with Gasteiger partial charge in [0.2, 0.25) is 0 Å². The van der Waals surface area contributed by atoms with Crippen LogP contribution in [-0.4, -0.2) is 39.2 Å². The minimum absolute atomic E-state index is 0.309. The molecule has 0 fully saturated rings. The van der Waals surface area contributed by atoms with Gasteiger partial charge in [0.25, 0.3) is 0 Å². The van der Waals surface area contributed by atoms with Crippen molar-refractivity contribution in [1.29, 1.82) is 0 Å². The van der Waals surface area contributed by atoms with Crippen molar-refractivity contribution in [3.8, 4) is 5.75 Å². The molecule has 0 bridgehead atoms. The van der Waals surface area contributed by atoms with E-state index in [1.54, 1.807) is 0 Å². The Morgan fingerprint density at radius 1 is 1.35 bits per heavy atom. The summed E-state index contributed by atoms with van der Waals surface area (Å²) in [5.74, 6) is 0.985. The van der Waals surface area contributed by atoms with Gasteiger partial charge in [0, 0.05) is 18.2 Å². The summed E-state index contributed by atoms with van der Waals surface area (Å²) in [6.45, 7) is 5.91. The summed E-state index contributed by atoms with van der Waals surface area (Å²) in [5.41, 5.74) is 2.49. The number of nitrogens with one attached hydrogen (secondary N) is 1. The Morgan fingerprint density at radius 3 is 2.65 bits per heavy atom. The second-order valence-corrected chi connectivity index (χ2v) is 4.70. The molecule has 1 unspecified atom stereocenters. The minimum atomic E-state index is 0.309. The number of nitrogens with zero attached hydrogens (tertiary/aromatic N) is 1. The number of ether oxygens (including phenoxy) is 1. The second-order valence-electron chi connectivity index (χ2n) is 4.70. The molecule has 0 amide bonds. The fraction of sp³-hybridized carbons (Fsp3) is 0.571. The molecular formula is C14H24N2O. The fourth-order valence-corrected chi connectivity index (χ4v) is 1.63. The van der Waals surface area contributed by atoms with Gasteiger partial charge in [-0.2, -0.15) is 0 Å². The summed E-state index contributed by atoms with van der Waals surface area (Å²) in [5, 5.41) is 3.26. The zero-order chi connectivity index (χ0) is 12.8. The maximum atomic E-state index is 5.84. The van der Waals surface area contributed by atoms with Gasteiger partial charge in [-0.25, -0.2) is 0 Å². The largest absolute Gasteiger partial charge is 0.492 e. The van der Waals surface area contributed by atoms with Crippen molar-refractivity contribution in [3.05, 3.63) is 29.3 Å². The van der Waals surface area contributed by atoms with Crippen molar-refractivity contribution >= 4 is 0 Å².